The van der Waals surface area contributed by atoms with Gasteiger partial charge in [0.1, 0.15) is 17.3 Å². The van der Waals surface area contributed by atoms with Gasteiger partial charge in [0.05, 0.1) is 0 Å². The number of nitrogens with one attached hydrogen (secondary N) is 1. The van der Waals surface area contributed by atoms with Crippen molar-refractivity contribution < 1.29 is 4.79 Å². The Kier molecular flexibility index (Phi) is 4.38. The second kappa shape index (κ2) is 6.44. The van der Waals surface area contributed by atoms with Crippen LogP contribution in [0.4, 0.5) is 11.5 Å². The van der Waals surface area contributed by atoms with Crippen LogP contribution in [-0.2, 0) is 0 Å². The Balaban J connectivity index is 1.84. The molecule has 0 saturated carbocycles. The fourth-order valence-corrected chi connectivity index (χ4v) is 2.94. The van der Waals surface area contributed by atoms with Crippen LogP contribution >= 0.6 is 15.9 Å². The van der Waals surface area contributed by atoms with Gasteiger partial charge in [-0.1, -0.05) is 22.0 Å². The van der Waals surface area contributed by atoms with Gasteiger partial charge in [-0.2, -0.15) is 0 Å². The highest BCUT2D eigenvalue weighted by Crippen LogP contribution is 2.20. The van der Waals surface area contributed by atoms with E-state index < -0.39 is 0 Å². The number of nitrogens with zero attached hydrogens (tertiary/aromatic N) is 3. The molecule has 1 saturated heterocycles. The molecule has 1 aliphatic heterocycles. The molecule has 22 heavy (non-hydrogen) atoms. The Bertz CT molecular complexity index is 698. The maximum absolute atomic E-state index is 12.5. The largest absolute Gasteiger partial charge is 0.340 e. The number of carbonyl (C=O) groups excluding carboxylic acids is 1. The third-order valence-electron chi connectivity index (χ3n) is 3.55. The van der Waals surface area contributed by atoms with Crippen LogP contribution in [0.15, 0.2) is 34.8 Å². The maximum atomic E-state index is 12.5. The molecule has 5 nitrogen and oxygen atoms in total. The van der Waals surface area contributed by atoms with Crippen molar-refractivity contribution in [1.82, 2.24) is 14.9 Å². The smallest absolute Gasteiger partial charge is 0.272 e. The summed E-state index contributed by atoms with van der Waals surface area (Å²) >= 11 is 3.44. The summed E-state index contributed by atoms with van der Waals surface area (Å²) in [6.07, 6.45) is 2.14. The maximum Gasteiger partial charge on any atom is 0.272 e. The van der Waals surface area contributed by atoms with E-state index in [0.29, 0.717) is 17.3 Å². The van der Waals surface area contributed by atoms with E-state index in [1.165, 1.54) is 0 Å². The van der Waals surface area contributed by atoms with Gasteiger partial charge in [0.25, 0.3) is 5.91 Å². The minimum Gasteiger partial charge on any atom is -0.340 e. The molecule has 1 amide bonds. The number of halogens is 1. The van der Waals surface area contributed by atoms with Gasteiger partial charge < -0.3 is 10.2 Å². The minimum atomic E-state index is -0.0136. The number of hydrogen-bond donors (Lipinski definition) is 1. The molecule has 1 aliphatic rings. The fourth-order valence-electron chi connectivity index (χ4n) is 2.54. The van der Waals surface area contributed by atoms with Crippen molar-refractivity contribution in [2.24, 2.45) is 0 Å². The minimum absolute atomic E-state index is 0.0136. The fraction of sp³-hybridized carbons (Fsp3) is 0.312. The van der Waals surface area contributed by atoms with Gasteiger partial charge in [-0.3, -0.25) is 4.79 Å². The van der Waals surface area contributed by atoms with Crippen LogP contribution in [0.5, 0.6) is 0 Å². The van der Waals surface area contributed by atoms with Gasteiger partial charge in [0.15, 0.2) is 0 Å². The second-order valence-electron chi connectivity index (χ2n) is 5.32. The Labute approximate surface area is 137 Å². The van der Waals surface area contributed by atoms with Crippen LogP contribution in [0.25, 0.3) is 0 Å². The SMILES string of the molecule is Cc1nc(Nc2cccc(Br)c2)cc(C(=O)N2CCCC2)n1. The average Bonchev–Trinajstić information content (AvgIpc) is 3.00. The van der Waals surface area contributed by atoms with Gasteiger partial charge in [-0.25, -0.2) is 9.97 Å². The molecule has 6 heteroatoms. The van der Waals surface area contributed by atoms with Crippen molar-refractivity contribution in [3.05, 3.63) is 46.3 Å². The van der Waals surface area contributed by atoms with E-state index in [4.69, 9.17) is 0 Å². The molecule has 2 heterocycles. The highest BCUT2D eigenvalue weighted by molar-refractivity contribution is 9.10. The summed E-state index contributed by atoms with van der Waals surface area (Å²) in [6, 6.07) is 9.52. The van der Waals surface area contributed by atoms with Crippen LogP contribution in [0, 0.1) is 6.92 Å². The summed E-state index contributed by atoms with van der Waals surface area (Å²) in [5.74, 6) is 1.20. The number of anilines is 2. The second-order valence-corrected chi connectivity index (χ2v) is 6.24. The summed E-state index contributed by atoms with van der Waals surface area (Å²) in [5, 5.41) is 3.22. The van der Waals surface area contributed by atoms with Gasteiger partial charge in [-0.15, -0.1) is 0 Å². The van der Waals surface area contributed by atoms with Gasteiger partial charge in [-0.05, 0) is 38.0 Å². The van der Waals surface area contributed by atoms with Crippen molar-refractivity contribution in [1.29, 1.82) is 0 Å². The third-order valence-corrected chi connectivity index (χ3v) is 4.04. The summed E-state index contributed by atoms with van der Waals surface area (Å²) in [7, 11) is 0. The first-order valence-corrected chi connectivity index (χ1v) is 8.09. The summed E-state index contributed by atoms with van der Waals surface area (Å²) in [6.45, 7) is 3.43. The van der Waals surface area contributed by atoms with Crippen molar-refractivity contribution in [3.63, 3.8) is 0 Å². The Hall–Kier alpha value is -1.95. The zero-order chi connectivity index (χ0) is 15.5. The molecule has 1 aromatic carbocycles. The highest BCUT2D eigenvalue weighted by Gasteiger charge is 2.21. The molecule has 3 rings (SSSR count). The lowest BCUT2D eigenvalue weighted by Crippen LogP contribution is -2.28. The molecule has 2 aromatic rings. The zero-order valence-corrected chi connectivity index (χ0v) is 13.9. The lowest BCUT2D eigenvalue weighted by Gasteiger charge is -2.15. The first-order chi connectivity index (χ1) is 10.6. The molecule has 0 bridgehead atoms. The van der Waals surface area contributed by atoms with Crippen LogP contribution in [-0.4, -0.2) is 33.9 Å². The van der Waals surface area contributed by atoms with E-state index in [-0.39, 0.29) is 5.91 Å². The average molecular weight is 361 g/mol. The van der Waals surface area contributed by atoms with Gasteiger partial charge >= 0.3 is 0 Å². The predicted octanol–water partition coefficient (Wildman–Crippen LogP) is 3.53. The monoisotopic (exact) mass is 360 g/mol. The molecule has 1 fully saturated rings. The summed E-state index contributed by atoms with van der Waals surface area (Å²) in [5.41, 5.74) is 1.36. The molecule has 0 spiro atoms. The standard InChI is InChI=1S/C16H17BrN4O/c1-11-18-14(16(22)21-7-2-3-8-21)10-15(19-11)20-13-6-4-5-12(17)9-13/h4-6,9-10H,2-3,7-8H2,1H3,(H,18,19,20). The van der Waals surface area contributed by atoms with Crippen LogP contribution in [0.3, 0.4) is 0 Å². The molecule has 0 atom stereocenters. The summed E-state index contributed by atoms with van der Waals surface area (Å²) < 4.78 is 0.983. The number of hydrogen-bond acceptors (Lipinski definition) is 4. The third kappa shape index (κ3) is 3.44. The summed E-state index contributed by atoms with van der Waals surface area (Å²) in [4.78, 5) is 23.0. The topological polar surface area (TPSA) is 58.1 Å². The van der Waals surface area contributed by atoms with Crippen LogP contribution < -0.4 is 5.32 Å². The molecular formula is C16H17BrN4O. The number of aromatic nitrogens is 2. The Morgan fingerprint density at radius 2 is 2.00 bits per heavy atom. The molecule has 1 aromatic heterocycles. The van der Waals surface area contributed by atoms with Crippen LogP contribution in [0.1, 0.15) is 29.2 Å². The predicted molar refractivity (Wildman–Crippen MR) is 89.3 cm³/mol. The molecule has 114 valence electrons. The zero-order valence-electron chi connectivity index (χ0n) is 12.3. The molecular weight excluding hydrogens is 344 g/mol. The van der Waals surface area contributed by atoms with Crippen LogP contribution in [0.2, 0.25) is 0 Å². The number of likely N-dealkylation sites (tertiary alicyclic amines) is 1. The van der Waals surface area contributed by atoms with Crippen molar-refractivity contribution in [2.75, 3.05) is 18.4 Å². The normalized spacial score (nSPS) is 14.2. The lowest BCUT2D eigenvalue weighted by atomic mass is 10.3. The number of carbonyl (C=O) groups is 1. The lowest BCUT2D eigenvalue weighted by molar-refractivity contribution is 0.0786. The van der Waals surface area contributed by atoms with E-state index in [1.54, 1.807) is 13.0 Å². The number of benzene rings is 1. The molecule has 0 unspecified atom stereocenters. The van der Waals surface area contributed by atoms with E-state index in [2.05, 4.69) is 31.2 Å². The Morgan fingerprint density at radius 1 is 1.23 bits per heavy atom. The number of rotatable bonds is 3. The first kappa shape index (κ1) is 15.0. The van der Waals surface area contributed by atoms with E-state index >= 15 is 0 Å². The van der Waals surface area contributed by atoms with Crippen molar-refractivity contribution in [2.45, 2.75) is 19.8 Å². The Morgan fingerprint density at radius 3 is 2.73 bits per heavy atom. The van der Waals surface area contributed by atoms with Crippen molar-refractivity contribution in [3.8, 4) is 0 Å². The van der Waals surface area contributed by atoms with Gasteiger partial charge in [0.2, 0.25) is 0 Å². The van der Waals surface area contributed by atoms with E-state index in [0.717, 1.165) is 36.1 Å². The first-order valence-electron chi connectivity index (χ1n) is 7.29. The number of amides is 1. The van der Waals surface area contributed by atoms with E-state index in [1.807, 2.05) is 29.2 Å². The highest BCUT2D eigenvalue weighted by atomic mass is 79.9. The number of aryl methyl sites for hydroxylation is 1. The van der Waals surface area contributed by atoms with Crippen molar-refractivity contribution >= 4 is 33.3 Å². The molecule has 1 N–H and O–H groups in total. The van der Waals surface area contributed by atoms with Gasteiger partial charge in [0, 0.05) is 29.3 Å². The molecule has 0 radical (unpaired) electrons. The quantitative estimate of drug-likeness (QED) is 0.909. The van der Waals surface area contributed by atoms with E-state index in [9.17, 15) is 4.79 Å². The molecule has 0 aliphatic carbocycles.